The van der Waals surface area contributed by atoms with E-state index in [9.17, 15) is 14.4 Å². The van der Waals surface area contributed by atoms with Gasteiger partial charge in [-0.15, -0.1) is 0 Å². The Kier molecular flexibility index (Phi) is 6.98. The Morgan fingerprint density at radius 3 is 2.48 bits per heavy atom. The minimum atomic E-state index is -0.365. The maximum atomic E-state index is 13.5. The summed E-state index contributed by atoms with van der Waals surface area (Å²) >= 11 is 0. The van der Waals surface area contributed by atoms with Crippen molar-refractivity contribution in [2.45, 2.75) is 19.8 Å². The minimum Gasteiger partial charge on any atom is -0.341 e. The first-order valence-corrected chi connectivity index (χ1v) is 11.3. The van der Waals surface area contributed by atoms with Gasteiger partial charge in [-0.3, -0.25) is 14.4 Å². The maximum Gasteiger partial charge on any atom is 0.274 e. The number of benzene rings is 2. The van der Waals surface area contributed by atoms with Crippen LogP contribution in [-0.2, 0) is 11.2 Å². The number of aromatic amines is 1. The van der Waals surface area contributed by atoms with Gasteiger partial charge < -0.3 is 9.80 Å². The van der Waals surface area contributed by atoms with E-state index in [1.165, 1.54) is 12.1 Å². The van der Waals surface area contributed by atoms with Gasteiger partial charge in [0.25, 0.3) is 11.5 Å². The molecule has 7 nitrogen and oxygen atoms in total. The fraction of sp³-hybridized carbons (Fsp3) is 0.308. The Hall–Kier alpha value is -3.74. The summed E-state index contributed by atoms with van der Waals surface area (Å²) in [6, 6.07) is 21.0. The molecule has 1 aliphatic rings. The molecule has 7 heteroatoms. The lowest BCUT2D eigenvalue weighted by molar-refractivity contribution is -0.134. The first-order chi connectivity index (χ1) is 16.1. The zero-order chi connectivity index (χ0) is 23.2. The van der Waals surface area contributed by atoms with Crippen LogP contribution in [0.15, 0.2) is 71.5 Å². The van der Waals surface area contributed by atoms with Crippen molar-refractivity contribution in [2.24, 2.45) is 5.92 Å². The molecule has 1 N–H and O–H groups in total. The van der Waals surface area contributed by atoms with Gasteiger partial charge in [0.2, 0.25) is 5.91 Å². The van der Waals surface area contributed by atoms with Crippen LogP contribution < -0.4 is 5.56 Å². The summed E-state index contributed by atoms with van der Waals surface area (Å²) in [5.74, 6) is -0.571. The summed E-state index contributed by atoms with van der Waals surface area (Å²) in [4.78, 5) is 41.5. The van der Waals surface area contributed by atoms with E-state index in [1.54, 1.807) is 4.90 Å². The van der Waals surface area contributed by atoms with Crippen molar-refractivity contribution in [2.75, 3.05) is 26.2 Å². The fourth-order valence-electron chi connectivity index (χ4n) is 4.36. The van der Waals surface area contributed by atoms with Crippen molar-refractivity contribution < 1.29 is 9.59 Å². The van der Waals surface area contributed by atoms with Crippen LogP contribution in [-0.4, -0.2) is 58.0 Å². The number of carbonyl (C=O) groups is 2. The molecule has 170 valence electrons. The number of amides is 2. The third-order valence-corrected chi connectivity index (χ3v) is 5.99. The minimum absolute atomic E-state index is 0.0736. The Labute approximate surface area is 193 Å². The smallest absolute Gasteiger partial charge is 0.274 e. The van der Waals surface area contributed by atoms with Crippen LogP contribution >= 0.6 is 0 Å². The van der Waals surface area contributed by atoms with Gasteiger partial charge in [-0.05, 0) is 35.6 Å². The highest BCUT2D eigenvalue weighted by Crippen LogP contribution is 2.27. The van der Waals surface area contributed by atoms with E-state index < -0.39 is 0 Å². The molecule has 1 unspecified atom stereocenters. The van der Waals surface area contributed by atoms with Gasteiger partial charge in [0.15, 0.2) is 0 Å². The Morgan fingerprint density at radius 2 is 1.76 bits per heavy atom. The van der Waals surface area contributed by atoms with Crippen LogP contribution in [0.5, 0.6) is 0 Å². The number of nitrogens with one attached hydrogen (secondary N) is 1. The number of carbonyl (C=O) groups excluding carboxylic acids is 2. The van der Waals surface area contributed by atoms with Gasteiger partial charge in [0, 0.05) is 32.2 Å². The highest BCUT2D eigenvalue weighted by molar-refractivity contribution is 5.93. The first kappa shape index (κ1) is 22.5. The second-order valence-corrected chi connectivity index (χ2v) is 8.31. The van der Waals surface area contributed by atoms with Gasteiger partial charge >= 0.3 is 0 Å². The quantitative estimate of drug-likeness (QED) is 0.633. The average molecular weight is 445 g/mol. The van der Waals surface area contributed by atoms with Gasteiger partial charge in [-0.2, -0.15) is 5.10 Å². The molecule has 4 rings (SSSR count). The molecule has 0 bridgehead atoms. The summed E-state index contributed by atoms with van der Waals surface area (Å²) in [6.07, 6.45) is 1.39. The molecule has 0 aliphatic carbocycles. The van der Waals surface area contributed by atoms with Gasteiger partial charge in [0.05, 0.1) is 5.92 Å². The van der Waals surface area contributed by atoms with Crippen LogP contribution in [0, 0.1) is 5.92 Å². The normalized spacial score (nSPS) is 16.5. The van der Waals surface area contributed by atoms with Gasteiger partial charge in [0.1, 0.15) is 5.69 Å². The lowest BCUT2D eigenvalue weighted by Crippen LogP contribution is -2.38. The van der Waals surface area contributed by atoms with Crippen molar-refractivity contribution in [3.05, 3.63) is 88.3 Å². The lowest BCUT2D eigenvalue weighted by Gasteiger charge is -2.24. The van der Waals surface area contributed by atoms with E-state index in [0.717, 1.165) is 23.1 Å². The summed E-state index contributed by atoms with van der Waals surface area (Å²) in [6.45, 7) is 3.93. The SMILES string of the molecule is CCCN1CCN(C(=O)c2ccc(=O)[nH]n2)CC(Cc2ccccc2-c2ccccc2)C1=O. The molecule has 1 saturated heterocycles. The van der Waals surface area contributed by atoms with E-state index in [1.807, 2.05) is 42.2 Å². The fourth-order valence-corrected chi connectivity index (χ4v) is 4.36. The second kappa shape index (κ2) is 10.3. The van der Waals surface area contributed by atoms with E-state index in [2.05, 4.69) is 34.5 Å². The highest BCUT2D eigenvalue weighted by atomic mass is 16.2. The number of rotatable bonds is 6. The maximum absolute atomic E-state index is 13.5. The third kappa shape index (κ3) is 5.19. The molecule has 0 radical (unpaired) electrons. The number of hydrogen-bond donors (Lipinski definition) is 1. The van der Waals surface area contributed by atoms with Crippen LogP contribution in [0.25, 0.3) is 11.1 Å². The monoisotopic (exact) mass is 444 g/mol. The number of H-pyrrole nitrogens is 1. The van der Waals surface area contributed by atoms with Crippen molar-refractivity contribution in [3.8, 4) is 11.1 Å². The second-order valence-electron chi connectivity index (χ2n) is 8.31. The molecule has 33 heavy (non-hydrogen) atoms. The predicted molar refractivity (Wildman–Crippen MR) is 127 cm³/mol. The van der Waals surface area contributed by atoms with Crippen molar-refractivity contribution in [3.63, 3.8) is 0 Å². The standard InChI is InChI=1S/C26H28N4O3/c1-2-14-29-15-16-30(26(33)23-12-13-24(31)28-27-23)18-21(25(29)32)17-20-10-6-7-11-22(20)19-8-4-3-5-9-19/h3-13,21H,2,14-18H2,1H3,(H,28,31). The molecular weight excluding hydrogens is 416 g/mol. The van der Waals surface area contributed by atoms with Crippen LogP contribution in [0.4, 0.5) is 0 Å². The molecule has 2 heterocycles. The molecule has 0 saturated carbocycles. The lowest BCUT2D eigenvalue weighted by atomic mass is 9.91. The average Bonchev–Trinajstić information content (AvgIpc) is 2.99. The third-order valence-electron chi connectivity index (χ3n) is 5.99. The van der Waals surface area contributed by atoms with Crippen LogP contribution in [0.3, 0.4) is 0 Å². The van der Waals surface area contributed by atoms with E-state index >= 15 is 0 Å². The Morgan fingerprint density at radius 1 is 1.00 bits per heavy atom. The first-order valence-electron chi connectivity index (χ1n) is 11.3. The van der Waals surface area contributed by atoms with Crippen molar-refractivity contribution in [1.29, 1.82) is 0 Å². The van der Waals surface area contributed by atoms with Crippen molar-refractivity contribution in [1.82, 2.24) is 20.0 Å². The zero-order valence-corrected chi connectivity index (χ0v) is 18.7. The van der Waals surface area contributed by atoms with E-state index in [4.69, 9.17) is 0 Å². The molecule has 1 aliphatic heterocycles. The van der Waals surface area contributed by atoms with E-state index in [0.29, 0.717) is 32.6 Å². The molecule has 2 amide bonds. The summed E-state index contributed by atoms with van der Waals surface area (Å²) in [5, 5.41) is 6.21. The Balaban J connectivity index is 1.63. The predicted octanol–water partition coefficient (Wildman–Crippen LogP) is 2.99. The summed E-state index contributed by atoms with van der Waals surface area (Å²) in [5.41, 5.74) is 3.09. The molecule has 0 spiro atoms. The number of nitrogens with zero attached hydrogens (tertiary/aromatic N) is 3. The van der Waals surface area contributed by atoms with Gasteiger partial charge in [-0.25, -0.2) is 5.10 Å². The Bertz CT molecular complexity index is 1150. The molecule has 3 aromatic rings. The van der Waals surface area contributed by atoms with Gasteiger partial charge in [-0.1, -0.05) is 61.5 Å². The molecule has 1 fully saturated rings. The zero-order valence-electron chi connectivity index (χ0n) is 18.7. The molecule has 2 aromatic carbocycles. The summed E-state index contributed by atoms with van der Waals surface area (Å²) < 4.78 is 0. The molecule has 1 aromatic heterocycles. The van der Waals surface area contributed by atoms with Crippen LogP contribution in [0.1, 0.15) is 29.4 Å². The largest absolute Gasteiger partial charge is 0.341 e. The topological polar surface area (TPSA) is 86.4 Å². The molecule has 1 atom stereocenters. The number of aromatic nitrogens is 2. The highest BCUT2D eigenvalue weighted by Gasteiger charge is 2.33. The molecular formula is C26H28N4O3. The van der Waals surface area contributed by atoms with Crippen LogP contribution in [0.2, 0.25) is 0 Å². The van der Waals surface area contributed by atoms with Crippen molar-refractivity contribution >= 4 is 11.8 Å². The summed E-state index contributed by atoms with van der Waals surface area (Å²) in [7, 11) is 0. The number of hydrogen-bond acceptors (Lipinski definition) is 4. The van der Waals surface area contributed by atoms with E-state index in [-0.39, 0.29) is 29.0 Å².